The Labute approximate surface area is 162 Å². The summed E-state index contributed by atoms with van der Waals surface area (Å²) in [6.07, 6.45) is 1.82. The molecule has 1 aliphatic heterocycles. The van der Waals surface area contributed by atoms with Crippen molar-refractivity contribution >= 4 is 29.3 Å². The Morgan fingerprint density at radius 3 is 2.18 bits per heavy atom. The number of hydrogen-bond acceptors (Lipinski definition) is 4. The molecule has 1 heterocycles. The lowest BCUT2D eigenvalue weighted by molar-refractivity contribution is -0.116. The van der Waals surface area contributed by atoms with E-state index in [1.165, 1.54) is 0 Å². The minimum atomic E-state index is -0.552. The number of nitrogens with one attached hydrogen (secondary N) is 2. The van der Waals surface area contributed by atoms with Crippen LogP contribution < -0.4 is 10.6 Å². The Morgan fingerprint density at radius 2 is 1.54 bits per heavy atom. The van der Waals surface area contributed by atoms with E-state index in [0.29, 0.717) is 17.8 Å². The second-order valence-electron chi connectivity index (χ2n) is 6.45. The molecule has 0 atom stereocenters. The molecule has 0 unspecified atom stereocenters. The summed E-state index contributed by atoms with van der Waals surface area (Å²) in [6, 6.07) is 13.1. The molecule has 0 radical (unpaired) electrons. The molecule has 0 spiro atoms. The number of anilines is 1. The minimum Gasteiger partial charge on any atom is -0.352 e. The highest BCUT2D eigenvalue weighted by molar-refractivity contribution is 6.22. The van der Waals surface area contributed by atoms with E-state index in [9.17, 15) is 19.2 Å². The molecule has 28 heavy (non-hydrogen) atoms. The van der Waals surface area contributed by atoms with Gasteiger partial charge in [-0.15, -0.1) is 0 Å². The van der Waals surface area contributed by atoms with Gasteiger partial charge in [0.05, 0.1) is 22.4 Å². The molecule has 0 saturated carbocycles. The van der Waals surface area contributed by atoms with Crippen LogP contribution in [0.5, 0.6) is 0 Å². The molecule has 2 aromatic rings. The van der Waals surface area contributed by atoms with Gasteiger partial charge < -0.3 is 10.6 Å². The Balaban J connectivity index is 1.69. The number of carbonyl (C=O) groups excluding carboxylic acids is 4. The molecule has 4 amide bonds. The summed E-state index contributed by atoms with van der Waals surface area (Å²) >= 11 is 0. The first-order chi connectivity index (χ1) is 13.5. The zero-order valence-corrected chi connectivity index (χ0v) is 15.5. The minimum absolute atomic E-state index is 0.287. The molecule has 0 fully saturated rings. The number of rotatable bonds is 7. The van der Waals surface area contributed by atoms with Crippen LogP contribution in [-0.4, -0.2) is 41.6 Å². The highest BCUT2D eigenvalue weighted by Gasteiger charge is 2.36. The molecule has 144 valence electrons. The molecule has 2 N–H and O–H groups in total. The van der Waals surface area contributed by atoms with Crippen LogP contribution in [0.15, 0.2) is 48.5 Å². The largest absolute Gasteiger partial charge is 0.352 e. The lowest BCUT2D eigenvalue weighted by Crippen LogP contribution is -2.37. The summed E-state index contributed by atoms with van der Waals surface area (Å²) in [5.41, 5.74) is 1.24. The predicted octanol–water partition coefficient (Wildman–Crippen LogP) is 2.45. The van der Waals surface area contributed by atoms with E-state index in [1.807, 2.05) is 6.92 Å². The van der Waals surface area contributed by atoms with Gasteiger partial charge in [0.1, 0.15) is 6.54 Å². The summed E-state index contributed by atoms with van der Waals surface area (Å²) in [6.45, 7) is 2.16. The van der Waals surface area contributed by atoms with Crippen LogP contribution in [0.1, 0.15) is 50.8 Å². The van der Waals surface area contributed by atoms with Crippen molar-refractivity contribution in [2.24, 2.45) is 0 Å². The highest BCUT2D eigenvalue weighted by Crippen LogP contribution is 2.22. The first-order valence-electron chi connectivity index (χ1n) is 9.15. The van der Waals surface area contributed by atoms with E-state index in [4.69, 9.17) is 0 Å². The van der Waals surface area contributed by atoms with Gasteiger partial charge in [0.2, 0.25) is 5.91 Å². The van der Waals surface area contributed by atoms with E-state index < -0.39 is 24.3 Å². The number of unbranched alkanes of at least 4 members (excludes halogenated alkanes) is 1. The molecule has 3 rings (SSSR count). The fourth-order valence-electron chi connectivity index (χ4n) is 2.98. The average molecular weight is 379 g/mol. The molecule has 0 bridgehead atoms. The fourth-order valence-corrected chi connectivity index (χ4v) is 2.98. The summed E-state index contributed by atoms with van der Waals surface area (Å²) in [7, 11) is 0. The Hall–Kier alpha value is -3.48. The Bertz CT molecular complexity index is 904. The van der Waals surface area contributed by atoms with Crippen molar-refractivity contribution in [1.29, 1.82) is 0 Å². The summed E-state index contributed by atoms with van der Waals surface area (Å²) in [5.74, 6) is -1.84. The maximum atomic E-state index is 12.5. The highest BCUT2D eigenvalue weighted by atomic mass is 16.2. The van der Waals surface area contributed by atoms with Crippen LogP contribution in [0.2, 0.25) is 0 Å². The number of benzene rings is 2. The van der Waals surface area contributed by atoms with Gasteiger partial charge in [-0.1, -0.05) is 37.6 Å². The monoisotopic (exact) mass is 379 g/mol. The van der Waals surface area contributed by atoms with Crippen LogP contribution >= 0.6 is 0 Å². The van der Waals surface area contributed by atoms with Gasteiger partial charge in [-0.05, 0) is 30.7 Å². The molecule has 7 heteroatoms. The molecule has 1 aliphatic rings. The smallest absolute Gasteiger partial charge is 0.262 e. The van der Waals surface area contributed by atoms with Gasteiger partial charge in [-0.2, -0.15) is 0 Å². The van der Waals surface area contributed by atoms with Crippen LogP contribution in [0.3, 0.4) is 0 Å². The normalized spacial score (nSPS) is 12.7. The van der Waals surface area contributed by atoms with Gasteiger partial charge in [0.25, 0.3) is 17.7 Å². The lowest BCUT2D eigenvalue weighted by atomic mass is 10.1. The Kier molecular flexibility index (Phi) is 5.84. The topological polar surface area (TPSA) is 95.6 Å². The molecule has 0 aromatic heterocycles. The first-order valence-corrected chi connectivity index (χ1v) is 9.15. The second-order valence-corrected chi connectivity index (χ2v) is 6.45. The zero-order chi connectivity index (χ0) is 20.1. The molecular formula is C21H21N3O4. The van der Waals surface area contributed by atoms with Gasteiger partial charge in [-0.25, -0.2) is 0 Å². The number of carbonyl (C=O) groups is 4. The number of hydrogen-bond donors (Lipinski definition) is 2. The van der Waals surface area contributed by atoms with Gasteiger partial charge in [0.15, 0.2) is 0 Å². The molecular weight excluding hydrogens is 358 g/mol. The predicted molar refractivity (Wildman–Crippen MR) is 104 cm³/mol. The zero-order valence-electron chi connectivity index (χ0n) is 15.5. The van der Waals surface area contributed by atoms with E-state index in [1.54, 1.807) is 48.5 Å². The van der Waals surface area contributed by atoms with Gasteiger partial charge >= 0.3 is 0 Å². The first kappa shape index (κ1) is 19.3. The van der Waals surface area contributed by atoms with Crippen LogP contribution in [0.4, 0.5) is 5.69 Å². The van der Waals surface area contributed by atoms with Crippen molar-refractivity contribution in [3.05, 3.63) is 65.2 Å². The van der Waals surface area contributed by atoms with Gasteiger partial charge in [-0.3, -0.25) is 24.1 Å². The van der Waals surface area contributed by atoms with E-state index in [0.717, 1.165) is 17.7 Å². The maximum absolute atomic E-state index is 12.5. The number of amides is 4. The van der Waals surface area contributed by atoms with Crippen LogP contribution in [-0.2, 0) is 4.79 Å². The van der Waals surface area contributed by atoms with Crippen molar-refractivity contribution < 1.29 is 19.2 Å². The fraction of sp³-hybridized carbons (Fsp3) is 0.238. The van der Waals surface area contributed by atoms with Crippen LogP contribution in [0.25, 0.3) is 0 Å². The summed E-state index contributed by atoms with van der Waals surface area (Å²) < 4.78 is 0. The number of fused-ring (bicyclic) bond motifs is 1. The van der Waals surface area contributed by atoms with Gasteiger partial charge in [0, 0.05) is 6.54 Å². The molecule has 0 aliphatic carbocycles. The van der Waals surface area contributed by atoms with E-state index in [-0.39, 0.29) is 17.0 Å². The second kappa shape index (κ2) is 8.47. The molecule has 7 nitrogen and oxygen atoms in total. The molecule has 2 aromatic carbocycles. The number of imide groups is 1. The standard InChI is InChI=1S/C21H21N3O4/c1-2-3-12-22-19(26)16-10-6-7-11-17(16)23-18(25)13-24-20(27)14-8-4-5-9-15(14)21(24)28/h4-11H,2-3,12-13H2,1H3,(H,22,26)(H,23,25). The third-order valence-electron chi connectivity index (χ3n) is 4.44. The Morgan fingerprint density at radius 1 is 0.929 bits per heavy atom. The van der Waals surface area contributed by atoms with Crippen molar-refractivity contribution in [2.75, 3.05) is 18.4 Å². The summed E-state index contributed by atoms with van der Waals surface area (Å²) in [5, 5.41) is 5.43. The van der Waals surface area contributed by atoms with Crippen molar-refractivity contribution in [3.63, 3.8) is 0 Å². The third-order valence-corrected chi connectivity index (χ3v) is 4.44. The van der Waals surface area contributed by atoms with E-state index >= 15 is 0 Å². The molecule has 0 saturated heterocycles. The third kappa shape index (κ3) is 3.93. The quantitative estimate of drug-likeness (QED) is 0.571. The van der Waals surface area contributed by atoms with Crippen molar-refractivity contribution in [1.82, 2.24) is 10.2 Å². The lowest BCUT2D eigenvalue weighted by Gasteiger charge is -2.15. The summed E-state index contributed by atoms with van der Waals surface area (Å²) in [4.78, 5) is 50.5. The maximum Gasteiger partial charge on any atom is 0.262 e. The SMILES string of the molecule is CCCCNC(=O)c1ccccc1NC(=O)CN1C(=O)c2ccccc2C1=O. The number of para-hydroxylation sites is 1. The van der Waals surface area contributed by atoms with Crippen LogP contribution in [0, 0.1) is 0 Å². The van der Waals surface area contributed by atoms with Crippen molar-refractivity contribution in [3.8, 4) is 0 Å². The van der Waals surface area contributed by atoms with E-state index in [2.05, 4.69) is 10.6 Å². The average Bonchev–Trinajstić information content (AvgIpc) is 2.93. The number of nitrogens with zero attached hydrogens (tertiary/aromatic N) is 1. The van der Waals surface area contributed by atoms with Crippen molar-refractivity contribution in [2.45, 2.75) is 19.8 Å².